The van der Waals surface area contributed by atoms with Gasteiger partial charge in [-0.25, -0.2) is 4.98 Å². The highest BCUT2D eigenvalue weighted by molar-refractivity contribution is 6.10. The number of rotatable bonds is 5. The number of amides is 1. The molecule has 8 heteroatoms. The molecule has 0 radical (unpaired) electrons. The number of carbonyl (C=O) groups excluding carboxylic acids is 1. The molecular formula is C27H30N6O2. The molecule has 0 unspecified atom stereocenters. The van der Waals surface area contributed by atoms with Crippen LogP contribution in [0.25, 0.3) is 22.2 Å². The number of aromatic amines is 1. The van der Waals surface area contributed by atoms with Crippen LogP contribution < -0.4 is 15.0 Å². The maximum absolute atomic E-state index is 13.3. The molecule has 0 saturated carbocycles. The number of H-pyrrole nitrogens is 1. The van der Waals surface area contributed by atoms with E-state index in [4.69, 9.17) is 9.72 Å². The Morgan fingerprint density at radius 1 is 1.06 bits per heavy atom. The first-order valence-electron chi connectivity index (χ1n) is 11.8. The number of pyridine rings is 1. The molecule has 0 spiro atoms. The Morgan fingerprint density at radius 2 is 1.80 bits per heavy atom. The van der Waals surface area contributed by atoms with Gasteiger partial charge < -0.3 is 19.9 Å². The number of ether oxygens (including phenoxy) is 1. The maximum Gasteiger partial charge on any atom is 0.259 e. The fourth-order valence-electron chi connectivity index (χ4n) is 4.55. The van der Waals surface area contributed by atoms with Crippen LogP contribution in [0.1, 0.15) is 21.5 Å². The topological polar surface area (TPSA) is 86.4 Å². The average Bonchev–Trinajstić information content (AvgIpc) is 3.29. The van der Waals surface area contributed by atoms with Crippen molar-refractivity contribution >= 4 is 28.3 Å². The molecule has 1 amide bonds. The van der Waals surface area contributed by atoms with Gasteiger partial charge in [-0.05, 0) is 50.2 Å². The SMILES string of the molecule is COc1cc2[nH]nc(-c3ccc(N4CCN(C)CC4)nc3)c2cc1C(=O)Nc1c(C)cccc1C. The molecule has 5 rings (SSSR count). The molecule has 1 saturated heterocycles. The Balaban J connectivity index is 1.47. The Kier molecular flexibility index (Phi) is 6.13. The zero-order valence-corrected chi connectivity index (χ0v) is 20.6. The second-order valence-electron chi connectivity index (χ2n) is 9.09. The van der Waals surface area contributed by atoms with E-state index < -0.39 is 0 Å². The molecule has 4 aromatic rings. The molecule has 2 N–H and O–H groups in total. The van der Waals surface area contributed by atoms with Crippen molar-refractivity contribution in [2.75, 3.05) is 50.6 Å². The van der Waals surface area contributed by atoms with Crippen molar-refractivity contribution in [3.05, 3.63) is 65.4 Å². The van der Waals surface area contributed by atoms with Crippen LogP contribution in [-0.4, -0.2) is 66.3 Å². The summed E-state index contributed by atoms with van der Waals surface area (Å²) >= 11 is 0. The van der Waals surface area contributed by atoms with Crippen LogP contribution >= 0.6 is 0 Å². The number of para-hydroxylation sites is 1. The zero-order valence-electron chi connectivity index (χ0n) is 20.6. The number of fused-ring (bicyclic) bond motifs is 1. The summed E-state index contributed by atoms with van der Waals surface area (Å²) in [7, 11) is 3.71. The van der Waals surface area contributed by atoms with Crippen LogP contribution in [0.5, 0.6) is 5.75 Å². The monoisotopic (exact) mass is 470 g/mol. The molecule has 1 fully saturated rings. The van der Waals surface area contributed by atoms with Gasteiger partial charge in [-0.3, -0.25) is 9.89 Å². The summed E-state index contributed by atoms with van der Waals surface area (Å²) in [5.41, 5.74) is 5.72. The fourth-order valence-corrected chi connectivity index (χ4v) is 4.55. The van der Waals surface area contributed by atoms with Crippen LogP contribution in [0, 0.1) is 13.8 Å². The van der Waals surface area contributed by atoms with Gasteiger partial charge in [-0.15, -0.1) is 0 Å². The van der Waals surface area contributed by atoms with E-state index in [9.17, 15) is 4.79 Å². The van der Waals surface area contributed by atoms with Gasteiger partial charge in [0.25, 0.3) is 5.91 Å². The molecule has 0 bridgehead atoms. The summed E-state index contributed by atoms with van der Waals surface area (Å²) in [4.78, 5) is 22.6. The Hall–Kier alpha value is -3.91. The number of aryl methyl sites for hydroxylation is 2. The van der Waals surface area contributed by atoms with Crippen LogP contribution in [0.3, 0.4) is 0 Å². The summed E-state index contributed by atoms with van der Waals surface area (Å²) in [6, 6.07) is 13.7. The Labute approximate surface area is 204 Å². The maximum atomic E-state index is 13.3. The first-order chi connectivity index (χ1) is 16.9. The number of carbonyl (C=O) groups is 1. The van der Waals surface area contributed by atoms with Gasteiger partial charge in [0, 0.05) is 55.1 Å². The fraction of sp³-hybridized carbons (Fsp3) is 0.296. The van der Waals surface area contributed by atoms with Gasteiger partial charge in [0.15, 0.2) is 0 Å². The molecule has 180 valence electrons. The van der Waals surface area contributed by atoms with Gasteiger partial charge in [-0.1, -0.05) is 18.2 Å². The van der Waals surface area contributed by atoms with Crippen molar-refractivity contribution in [2.45, 2.75) is 13.8 Å². The van der Waals surface area contributed by atoms with Gasteiger partial charge in [-0.2, -0.15) is 5.10 Å². The van der Waals surface area contributed by atoms with Crippen LogP contribution in [-0.2, 0) is 0 Å². The first-order valence-corrected chi connectivity index (χ1v) is 11.8. The van der Waals surface area contributed by atoms with E-state index in [2.05, 4.69) is 32.4 Å². The highest BCUT2D eigenvalue weighted by Crippen LogP contribution is 2.33. The van der Waals surface area contributed by atoms with Gasteiger partial charge in [0.1, 0.15) is 17.3 Å². The van der Waals surface area contributed by atoms with Crippen LogP contribution in [0.2, 0.25) is 0 Å². The van der Waals surface area contributed by atoms with Crippen molar-refractivity contribution < 1.29 is 9.53 Å². The van der Waals surface area contributed by atoms with E-state index in [0.717, 1.165) is 71.0 Å². The lowest BCUT2D eigenvalue weighted by Crippen LogP contribution is -2.44. The third-order valence-electron chi connectivity index (χ3n) is 6.70. The standard InChI is InChI=1S/C27H30N6O2/c1-17-6-5-7-18(2)25(17)29-27(34)21-14-20-22(15-23(21)35-4)30-31-26(20)19-8-9-24(28-16-19)33-12-10-32(3)11-13-33/h5-9,14-16H,10-13H2,1-4H3,(H,29,34)(H,30,31). The molecule has 0 aliphatic carbocycles. The van der Waals surface area contributed by atoms with E-state index in [1.54, 1.807) is 7.11 Å². The number of anilines is 2. The summed E-state index contributed by atoms with van der Waals surface area (Å²) < 4.78 is 5.55. The Morgan fingerprint density at radius 3 is 2.46 bits per heavy atom. The molecular weight excluding hydrogens is 440 g/mol. The number of nitrogens with zero attached hydrogens (tertiary/aromatic N) is 4. The minimum Gasteiger partial charge on any atom is -0.496 e. The van der Waals surface area contributed by atoms with Gasteiger partial charge >= 0.3 is 0 Å². The number of hydrogen-bond acceptors (Lipinski definition) is 6. The minimum absolute atomic E-state index is 0.225. The Bertz CT molecular complexity index is 1350. The average molecular weight is 471 g/mol. The number of benzene rings is 2. The molecule has 2 aromatic carbocycles. The molecule has 35 heavy (non-hydrogen) atoms. The number of aromatic nitrogens is 3. The van der Waals surface area contributed by atoms with E-state index in [1.807, 2.05) is 62.5 Å². The molecule has 1 aliphatic heterocycles. The third kappa shape index (κ3) is 4.44. The molecule has 0 atom stereocenters. The summed E-state index contributed by atoms with van der Waals surface area (Å²) in [6.45, 7) is 7.95. The van der Waals surface area contributed by atoms with Crippen LogP contribution in [0.4, 0.5) is 11.5 Å². The van der Waals surface area contributed by atoms with E-state index in [1.165, 1.54) is 0 Å². The largest absolute Gasteiger partial charge is 0.496 e. The number of hydrogen-bond donors (Lipinski definition) is 2. The minimum atomic E-state index is -0.225. The van der Waals surface area contributed by atoms with Crippen molar-refractivity contribution in [3.63, 3.8) is 0 Å². The van der Waals surface area contributed by atoms with Gasteiger partial charge in [0.05, 0.1) is 18.2 Å². The van der Waals surface area contributed by atoms with E-state index in [0.29, 0.717) is 11.3 Å². The second kappa shape index (κ2) is 9.38. The highest BCUT2D eigenvalue weighted by Gasteiger charge is 2.20. The highest BCUT2D eigenvalue weighted by atomic mass is 16.5. The van der Waals surface area contributed by atoms with E-state index >= 15 is 0 Å². The second-order valence-corrected chi connectivity index (χ2v) is 9.09. The number of methoxy groups -OCH3 is 1. The van der Waals surface area contributed by atoms with Gasteiger partial charge in [0.2, 0.25) is 0 Å². The number of piperazine rings is 1. The number of nitrogens with one attached hydrogen (secondary N) is 2. The van der Waals surface area contributed by atoms with Crippen molar-refractivity contribution in [1.82, 2.24) is 20.1 Å². The summed E-state index contributed by atoms with van der Waals surface area (Å²) in [6.07, 6.45) is 1.85. The lowest BCUT2D eigenvalue weighted by molar-refractivity contribution is 0.102. The predicted octanol–water partition coefficient (Wildman–Crippen LogP) is 4.25. The van der Waals surface area contributed by atoms with Crippen molar-refractivity contribution in [2.24, 2.45) is 0 Å². The zero-order chi connectivity index (χ0) is 24.5. The smallest absolute Gasteiger partial charge is 0.259 e. The lowest BCUT2D eigenvalue weighted by Gasteiger charge is -2.33. The van der Waals surface area contributed by atoms with Crippen molar-refractivity contribution in [1.29, 1.82) is 0 Å². The third-order valence-corrected chi connectivity index (χ3v) is 6.70. The van der Waals surface area contributed by atoms with Crippen LogP contribution in [0.15, 0.2) is 48.7 Å². The predicted molar refractivity (Wildman–Crippen MR) is 139 cm³/mol. The summed E-state index contributed by atoms with van der Waals surface area (Å²) in [5.74, 6) is 1.23. The lowest BCUT2D eigenvalue weighted by atomic mass is 10.0. The van der Waals surface area contributed by atoms with E-state index in [-0.39, 0.29) is 5.91 Å². The molecule has 2 aromatic heterocycles. The molecule has 3 heterocycles. The summed E-state index contributed by atoms with van der Waals surface area (Å²) in [5, 5.41) is 11.5. The first kappa shape index (κ1) is 22.9. The molecule has 1 aliphatic rings. The van der Waals surface area contributed by atoms with Crippen molar-refractivity contribution in [3.8, 4) is 17.0 Å². The normalized spacial score (nSPS) is 14.3. The number of likely N-dealkylation sites (N-methyl/N-ethyl adjacent to an activating group) is 1. The quantitative estimate of drug-likeness (QED) is 0.453. The molecule has 8 nitrogen and oxygen atoms in total.